The van der Waals surface area contributed by atoms with Crippen LogP contribution >= 0.6 is 24.0 Å². The summed E-state index contributed by atoms with van der Waals surface area (Å²) >= 11 is 0. The number of allylic oxidation sites excluding steroid dienone is 2. The normalized spacial score (nSPS) is 26.5. The van der Waals surface area contributed by atoms with Crippen LogP contribution in [0.4, 0.5) is 0 Å². The smallest absolute Gasteiger partial charge is 0.233 e. The highest BCUT2D eigenvalue weighted by Crippen LogP contribution is 2.52. The largest absolute Gasteiger partial charge is 0.357 e. The number of nitrogens with one attached hydrogen (secondary N) is 2. The summed E-state index contributed by atoms with van der Waals surface area (Å²) < 4.78 is 1.90. The van der Waals surface area contributed by atoms with Crippen LogP contribution in [0.2, 0.25) is 0 Å². The monoisotopic (exact) mass is 535 g/mol. The summed E-state index contributed by atoms with van der Waals surface area (Å²) in [6, 6.07) is 5.73. The summed E-state index contributed by atoms with van der Waals surface area (Å²) in [6.45, 7) is 3.85. The minimum Gasteiger partial charge on any atom is -0.357 e. The van der Waals surface area contributed by atoms with Crippen LogP contribution in [0.25, 0.3) is 5.65 Å². The van der Waals surface area contributed by atoms with Crippen LogP contribution in [-0.2, 0) is 16.1 Å². The molecule has 3 aliphatic rings. The summed E-state index contributed by atoms with van der Waals surface area (Å²) in [6.07, 6.45) is 7.09. The van der Waals surface area contributed by atoms with Crippen molar-refractivity contribution in [3.8, 4) is 0 Å². The van der Waals surface area contributed by atoms with Crippen molar-refractivity contribution >= 4 is 47.4 Å². The molecule has 2 fully saturated rings. The lowest BCUT2D eigenvalue weighted by Crippen LogP contribution is -2.43. The van der Waals surface area contributed by atoms with E-state index in [1.165, 1.54) is 4.90 Å². The van der Waals surface area contributed by atoms with Gasteiger partial charge in [0.05, 0.1) is 11.8 Å². The van der Waals surface area contributed by atoms with E-state index in [2.05, 4.69) is 38.0 Å². The molecule has 2 N–H and O–H groups in total. The van der Waals surface area contributed by atoms with Crippen LogP contribution in [0, 0.1) is 23.7 Å². The Labute approximate surface area is 197 Å². The van der Waals surface area contributed by atoms with Gasteiger partial charge >= 0.3 is 0 Å². The zero-order valence-corrected chi connectivity index (χ0v) is 19.6. The van der Waals surface area contributed by atoms with Gasteiger partial charge in [0.1, 0.15) is 6.54 Å². The number of aliphatic imine (C=N–C) groups is 1. The molecule has 164 valence electrons. The quantitative estimate of drug-likeness (QED) is 0.190. The second-order valence-electron chi connectivity index (χ2n) is 8.00. The molecule has 10 heteroatoms. The number of carbonyl (C=O) groups excluding carboxylic acids is 2. The number of aromatic nitrogens is 3. The Hall–Kier alpha value is -2.50. The van der Waals surface area contributed by atoms with Gasteiger partial charge in [-0.2, -0.15) is 0 Å². The van der Waals surface area contributed by atoms with Gasteiger partial charge in [0.15, 0.2) is 17.4 Å². The summed E-state index contributed by atoms with van der Waals surface area (Å²) in [5, 5.41) is 14.7. The van der Waals surface area contributed by atoms with Gasteiger partial charge in [-0.1, -0.05) is 18.2 Å². The van der Waals surface area contributed by atoms with E-state index in [4.69, 9.17) is 0 Å². The Balaban J connectivity index is 0.00000231. The third-order valence-corrected chi connectivity index (χ3v) is 6.30. The van der Waals surface area contributed by atoms with E-state index in [9.17, 15) is 9.59 Å². The Morgan fingerprint density at radius 1 is 1.13 bits per heavy atom. The van der Waals surface area contributed by atoms with Gasteiger partial charge in [0, 0.05) is 25.8 Å². The SMILES string of the molecule is CCNC(=NCc1nnc2ccccn12)NCCN1C(=O)C2C3C=CC(C3)C2C1=O.I. The fraction of sp³-hybridized carbons (Fsp3) is 0.476. The van der Waals surface area contributed by atoms with Crippen LogP contribution in [0.5, 0.6) is 0 Å². The molecule has 5 rings (SSSR count). The summed E-state index contributed by atoms with van der Waals surface area (Å²) in [5.41, 5.74) is 0.778. The lowest BCUT2D eigenvalue weighted by Gasteiger charge is -2.18. The highest BCUT2D eigenvalue weighted by atomic mass is 127. The number of nitrogens with zero attached hydrogens (tertiary/aromatic N) is 5. The molecule has 2 aromatic rings. The van der Waals surface area contributed by atoms with Gasteiger partial charge in [-0.25, -0.2) is 4.99 Å². The van der Waals surface area contributed by atoms with Crippen molar-refractivity contribution in [1.82, 2.24) is 30.1 Å². The number of hydrogen-bond acceptors (Lipinski definition) is 5. The van der Waals surface area contributed by atoms with Gasteiger partial charge in [-0.3, -0.25) is 18.9 Å². The Bertz CT molecular complexity index is 1020. The fourth-order valence-corrected chi connectivity index (χ4v) is 4.96. The van der Waals surface area contributed by atoms with Crippen molar-refractivity contribution in [2.24, 2.45) is 28.7 Å². The van der Waals surface area contributed by atoms with Crippen molar-refractivity contribution in [3.05, 3.63) is 42.4 Å². The van der Waals surface area contributed by atoms with E-state index in [0.717, 1.165) is 17.9 Å². The van der Waals surface area contributed by atoms with Crippen molar-refractivity contribution in [3.63, 3.8) is 0 Å². The minimum absolute atomic E-state index is 0. The molecule has 0 aromatic carbocycles. The van der Waals surface area contributed by atoms with Crippen molar-refractivity contribution in [2.75, 3.05) is 19.6 Å². The molecule has 4 unspecified atom stereocenters. The summed E-state index contributed by atoms with van der Waals surface area (Å²) in [4.78, 5) is 31.6. The zero-order chi connectivity index (χ0) is 20.7. The maximum atomic E-state index is 12.8. The van der Waals surface area contributed by atoms with Crippen LogP contribution < -0.4 is 10.6 Å². The molecule has 4 atom stereocenters. The first-order chi connectivity index (χ1) is 14.7. The van der Waals surface area contributed by atoms with Gasteiger partial charge in [-0.15, -0.1) is 34.2 Å². The molecular weight excluding hydrogens is 509 g/mol. The third-order valence-electron chi connectivity index (χ3n) is 6.30. The van der Waals surface area contributed by atoms with Crippen molar-refractivity contribution < 1.29 is 9.59 Å². The van der Waals surface area contributed by atoms with E-state index >= 15 is 0 Å². The topological polar surface area (TPSA) is 104 Å². The molecule has 0 spiro atoms. The molecule has 2 bridgehead atoms. The summed E-state index contributed by atoms with van der Waals surface area (Å²) in [7, 11) is 0. The lowest BCUT2D eigenvalue weighted by atomic mass is 9.85. The van der Waals surface area contributed by atoms with E-state index in [1.54, 1.807) is 0 Å². The van der Waals surface area contributed by atoms with Crippen molar-refractivity contribution in [2.45, 2.75) is 19.9 Å². The first-order valence-corrected chi connectivity index (χ1v) is 10.5. The molecule has 31 heavy (non-hydrogen) atoms. The Morgan fingerprint density at radius 2 is 1.87 bits per heavy atom. The number of imide groups is 1. The van der Waals surface area contributed by atoms with Crippen LogP contribution in [-0.4, -0.2) is 56.9 Å². The zero-order valence-electron chi connectivity index (χ0n) is 17.3. The number of halogens is 1. The molecule has 1 aliphatic heterocycles. The predicted octanol–water partition coefficient (Wildman–Crippen LogP) is 1.21. The number of hydrogen-bond donors (Lipinski definition) is 2. The Morgan fingerprint density at radius 3 is 2.58 bits per heavy atom. The number of guanidine groups is 1. The minimum atomic E-state index is -0.143. The first kappa shape index (κ1) is 21.7. The standard InChI is InChI=1S/C21H25N7O2.HI/c1-2-22-21(24-12-16-26-25-15-5-3-4-9-27(15)16)23-8-10-28-19(29)17-13-6-7-14(11-13)18(17)20(28)30;/h3-7,9,13-14,17-18H,2,8,10-12H2,1H3,(H2,22,23,24);1H. The van der Waals surface area contributed by atoms with E-state index in [1.807, 2.05) is 35.7 Å². The highest BCUT2D eigenvalue weighted by molar-refractivity contribution is 14.0. The number of fused-ring (bicyclic) bond motifs is 6. The number of likely N-dealkylation sites (tertiary alicyclic amines) is 1. The molecule has 0 radical (unpaired) electrons. The lowest BCUT2D eigenvalue weighted by molar-refractivity contribution is -0.140. The second kappa shape index (κ2) is 8.93. The van der Waals surface area contributed by atoms with Gasteiger partial charge in [0.2, 0.25) is 11.8 Å². The average Bonchev–Trinajstić information content (AvgIpc) is 3.51. The van der Waals surface area contributed by atoms with Crippen LogP contribution in [0.15, 0.2) is 41.5 Å². The highest BCUT2D eigenvalue weighted by Gasteiger charge is 2.58. The second-order valence-corrected chi connectivity index (χ2v) is 8.00. The van der Waals surface area contributed by atoms with Gasteiger partial charge in [0.25, 0.3) is 0 Å². The van der Waals surface area contributed by atoms with Crippen LogP contribution in [0.1, 0.15) is 19.2 Å². The number of amides is 2. The van der Waals surface area contributed by atoms with E-state index < -0.39 is 0 Å². The first-order valence-electron chi connectivity index (χ1n) is 10.5. The predicted molar refractivity (Wildman–Crippen MR) is 126 cm³/mol. The van der Waals surface area contributed by atoms with Crippen molar-refractivity contribution in [1.29, 1.82) is 0 Å². The molecule has 1 saturated heterocycles. The van der Waals surface area contributed by atoms with Crippen LogP contribution in [0.3, 0.4) is 0 Å². The fourth-order valence-electron chi connectivity index (χ4n) is 4.96. The molecule has 2 aromatic heterocycles. The average molecular weight is 535 g/mol. The maximum absolute atomic E-state index is 12.8. The molecule has 1 saturated carbocycles. The Kier molecular flexibility index (Phi) is 6.26. The number of carbonyl (C=O) groups is 2. The van der Waals surface area contributed by atoms with Gasteiger partial charge < -0.3 is 10.6 Å². The van der Waals surface area contributed by atoms with E-state index in [-0.39, 0.29) is 59.5 Å². The van der Waals surface area contributed by atoms with E-state index in [0.29, 0.717) is 32.1 Å². The van der Waals surface area contributed by atoms with Gasteiger partial charge in [-0.05, 0) is 37.3 Å². The number of pyridine rings is 1. The molecule has 2 amide bonds. The number of rotatable bonds is 6. The molecule has 2 aliphatic carbocycles. The molecule has 9 nitrogen and oxygen atoms in total. The summed E-state index contributed by atoms with van der Waals surface area (Å²) in [5.74, 6) is 1.53. The maximum Gasteiger partial charge on any atom is 0.233 e. The third kappa shape index (κ3) is 3.81. The molecule has 3 heterocycles. The molecular formula is C21H26IN7O2.